The molecule has 1 atom stereocenters. The first-order valence-corrected chi connectivity index (χ1v) is 15.2. The molecule has 0 aliphatic carbocycles. The van der Waals surface area contributed by atoms with Crippen molar-refractivity contribution in [3.05, 3.63) is 39.2 Å². The van der Waals surface area contributed by atoms with Gasteiger partial charge in [-0.3, -0.25) is 9.69 Å². The van der Waals surface area contributed by atoms with Crippen molar-refractivity contribution in [2.45, 2.75) is 30.4 Å². The SMILES string of the molecule is Cc1ccc(Cl)c2sc(N(CCCN(C)C)C(=O)C3CCCN(S(=O)(=O)c4ccc(Cl)s4)C3)nc12. The van der Waals surface area contributed by atoms with Crippen LogP contribution in [0, 0.1) is 12.8 Å². The van der Waals surface area contributed by atoms with Gasteiger partial charge in [-0.15, -0.1) is 11.3 Å². The Morgan fingerprint density at radius 1 is 1.17 bits per heavy atom. The van der Waals surface area contributed by atoms with E-state index in [2.05, 4.69) is 4.90 Å². The molecule has 1 aromatic carbocycles. The minimum Gasteiger partial charge on any atom is -0.309 e. The molecule has 1 amide bonds. The molecule has 1 aliphatic heterocycles. The minimum atomic E-state index is -3.70. The van der Waals surface area contributed by atoms with Crippen LogP contribution in [0.3, 0.4) is 0 Å². The zero-order valence-corrected chi connectivity index (χ0v) is 23.8. The van der Waals surface area contributed by atoms with Gasteiger partial charge in [0.05, 0.1) is 25.5 Å². The van der Waals surface area contributed by atoms with Gasteiger partial charge in [0.25, 0.3) is 10.0 Å². The van der Waals surface area contributed by atoms with Gasteiger partial charge in [-0.25, -0.2) is 13.4 Å². The summed E-state index contributed by atoms with van der Waals surface area (Å²) in [5.41, 5.74) is 1.79. The number of thiazole rings is 1. The number of benzene rings is 1. The van der Waals surface area contributed by atoms with Crippen LogP contribution in [-0.4, -0.2) is 68.8 Å². The maximum Gasteiger partial charge on any atom is 0.252 e. The molecule has 3 aromatic rings. The van der Waals surface area contributed by atoms with Gasteiger partial charge in [0.15, 0.2) is 5.13 Å². The molecule has 3 heterocycles. The van der Waals surface area contributed by atoms with Crippen molar-refractivity contribution in [3.8, 4) is 0 Å². The molecule has 1 fully saturated rings. The van der Waals surface area contributed by atoms with Crippen molar-refractivity contribution < 1.29 is 13.2 Å². The number of anilines is 1. The van der Waals surface area contributed by atoms with E-state index in [1.165, 1.54) is 21.7 Å². The number of halogens is 2. The summed E-state index contributed by atoms with van der Waals surface area (Å²) in [6.07, 6.45) is 2.01. The smallest absolute Gasteiger partial charge is 0.252 e. The average Bonchev–Trinajstić information content (AvgIpc) is 3.47. The number of nitrogens with zero attached hydrogens (tertiary/aromatic N) is 4. The van der Waals surface area contributed by atoms with Gasteiger partial charge in [0.1, 0.15) is 4.21 Å². The molecule has 0 saturated carbocycles. The maximum absolute atomic E-state index is 13.8. The Morgan fingerprint density at radius 3 is 2.60 bits per heavy atom. The largest absolute Gasteiger partial charge is 0.309 e. The van der Waals surface area contributed by atoms with Gasteiger partial charge in [-0.1, -0.05) is 40.6 Å². The normalized spacial score (nSPS) is 17.4. The monoisotopic (exact) mass is 574 g/mol. The van der Waals surface area contributed by atoms with Crippen molar-refractivity contribution in [1.82, 2.24) is 14.2 Å². The zero-order chi connectivity index (χ0) is 25.3. The van der Waals surface area contributed by atoms with Gasteiger partial charge in [0, 0.05) is 19.6 Å². The van der Waals surface area contributed by atoms with E-state index in [0.717, 1.165) is 40.1 Å². The van der Waals surface area contributed by atoms with Crippen LogP contribution in [0.25, 0.3) is 10.2 Å². The first kappa shape index (κ1) is 26.8. The average molecular weight is 576 g/mol. The lowest BCUT2D eigenvalue weighted by Crippen LogP contribution is -2.47. The Kier molecular flexibility index (Phi) is 8.42. The van der Waals surface area contributed by atoms with Crippen molar-refractivity contribution in [2.75, 3.05) is 45.2 Å². The molecule has 190 valence electrons. The first-order chi connectivity index (χ1) is 16.6. The van der Waals surface area contributed by atoms with E-state index in [0.29, 0.717) is 40.4 Å². The Labute approximate surface area is 224 Å². The Hall–Kier alpha value is -1.27. The number of fused-ring (bicyclic) bond motifs is 1. The molecule has 0 radical (unpaired) electrons. The highest BCUT2D eigenvalue weighted by atomic mass is 35.5. The van der Waals surface area contributed by atoms with Gasteiger partial charge < -0.3 is 4.90 Å². The fraction of sp³-hybridized carbons (Fsp3) is 0.478. The lowest BCUT2D eigenvalue weighted by molar-refractivity contribution is -0.123. The van der Waals surface area contributed by atoms with Crippen molar-refractivity contribution in [1.29, 1.82) is 0 Å². The molecule has 0 N–H and O–H groups in total. The van der Waals surface area contributed by atoms with Crippen LogP contribution in [0.2, 0.25) is 9.36 Å². The fourth-order valence-electron chi connectivity index (χ4n) is 4.20. The van der Waals surface area contributed by atoms with Gasteiger partial charge in [-0.2, -0.15) is 4.31 Å². The van der Waals surface area contributed by atoms with Crippen molar-refractivity contribution in [3.63, 3.8) is 0 Å². The van der Waals surface area contributed by atoms with E-state index in [-0.39, 0.29) is 16.7 Å². The number of aromatic nitrogens is 1. The summed E-state index contributed by atoms with van der Waals surface area (Å²) in [5.74, 6) is -0.544. The van der Waals surface area contributed by atoms with E-state index in [4.69, 9.17) is 28.2 Å². The van der Waals surface area contributed by atoms with E-state index >= 15 is 0 Å². The summed E-state index contributed by atoms with van der Waals surface area (Å²) in [6, 6.07) is 6.88. The Morgan fingerprint density at radius 2 is 1.94 bits per heavy atom. The lowest BCUT2D eigenvalue weighted by Gasteiger charge is -2.33. The van der Waals surface area contributed by atoms with Gasteiger partial charge in [-0.05, 0) is 70.6 Å². The van der Waals surface area contributed by atoms with Crippen LogP contribution in [0.5, 0.6) is 0 Å². The Balaban J connectivity index is 1.61. The third-order valence-corrected chi connectivity index (χ3v) is 11.1. The third kappa shape index (κ3) is 5.84. The molecule has 35 heavy (non-hydrogen) atoms. The zero-order valence-electron chi connectivity index (χ0n) is 19.8. The standard InChI is InChI=1S/C23H28Cl2N4O3S3/c1-15-7-8-17(24)21-20(15)26-23(34-21)29(13-5-11-27(2)3)22(30)16-6-4-12-28(14-16)35(31,32)19-10-9-18(25)33-19/h7-10,16H,4-6,11-14H2,1-3H3. The highest BCUT2D eigenvalue weighted by Gasteiger charge is 2.36. The number of hydrogen-bond acceptors (Lipinski definition) is 7. The van der Waals surface area contributed by atoms with Crippen LogP contribution in [0.15, 0.2) is 28.5 Å². The summed E-state index contributed by atoms with van der Waals surface area (Å²) < 4.78 is 29.2. The molecule has 12 heteroatoms. The van der Waals surface area contributed by atoms with Gasteiger partial charge >= 0.3 is 0 Å². The number of amides is 1. The molecule has 0 spiro atoms. The number of sulfonamides is 1. The first-order valence-electron chi connectivity index (χ1n) is 11.3. The number of rotatable bonds is 8. The molecule has 2 aromatic heterocycles. The van der Waals surface area contributed by atoms with E-state index < -0.39 is 15.9 Å². The molecule has 1 unspecified atom stereocenters. The second-order valence-electron chi connectivity index (χ2n) is 8.95. The molecule has 0 bridgehead atoms. The predicted molar refractivity (Wildman–Crippen MR) is 146 cm³/mol. The molecule has 7 nitrogen and oxygen atoms in total. The van der Waals surface area contributed by atoms with E-state index in [1.54, 1.807) is 11.0 Å². The van der Waals surface area contributed by atoms with E-state index in [1.807, 2.05) is 33.2 Å². The van der Waals surface area contributed by atoms with Crippen molar-refractivity contribution in [2.24, 2.45) is 5.92 Å². The van der Waals surface area contributed by atoms with E-state index in [9.17, 15) is 13.2 Å². The highest BCUT2D eigenvalue weighted by Crippen LogP contribution is 2.37. The van der Waals surface area contributed by atoms with Crippen LogP contribution < -0.4 is 4.90 Å². The van der Waals surface area contributed by atoms with Gasteiger partial charge in [0.2, 0.25) is 5.91 Å². The second kappa shape index (κ2) is 11.0. The van der Waals surface area contributed by atoms with Crippen LogP contribution in [-0.2, 0) is 14.8 Å². The highest BCUT2D eigenvalue weighted by molar-refractivity contribution is 7.91. The summed E-state index contributed by atoms with van der Waals surface area (Å²) in [5, 5.41) is 1.21. The predicted octanol–water partition coefficient (Wildman–Crippen LogP) is 5.36. The summed E-state index contributed by atoms with van der Waals surface area (Å²) in [7, 11) is 0.289. The van der Waals surface area contributed by atoms with Crippen LogP contribution in [0.1, 0.15) is 24.8 Å². The van der Waals surface area contributed by atoms with Crippen LogP contribution in [0.4, 0.5) is 5.13 Å². The lowest BCUT2D eigenvalue weighted by atomic mass is 9.98. The number of carbonyl (C=O) groups is 1. The Bertz CT molecular complexity index is 1280. The number of piperidine rings is 1. The third-order valence-electron chi connectivity index (χ3n) is 6.05. The van der Waals surface area contributed by atoms with Crippen molar-refractivity contribution >= 4 is 77.2 Å². The molecule has 1 aliphatic rings. The quantitative estimate of drug-likeness (QED) is 0.362. The number of aryl methyl sites for hydroxylation is 1. The molecule has 4 rings (SSSR count). The number of thiophene rings is 1. The molecular weight excluding hydrogens is 547 g/mol. The number of hydrogen-bond donors (Lipinski definition) is 0. The fourth-order valence-corrected chi connectivity index (χ4v) is 8.71. The maximum atomic E-state index is 13.8. The number of carbonyl (C=O) groups excluding carboxylic acids is 1. The van der Waals surface area contributed by atoms with Crippen LogP contribution >= 0.6 is 45.9 Å². The molecule has 1 saturated heterocycles. The second-order valence-corrected chi connectivity index (χ2v) is 14.2. The summed E-state index contributed by atoms with van der Waals surface area (Å²) in [6.45, 7) is 3.82. The summed E-state index contributed by atoms with van der Waals surface area (Å²) >= 11 is 14.8. The topological polar surface area (TPSA) is 73.8 Å². The molecular formula is C23H28Cl2N4O3S3. The summed E-state index contributed by atoms with van der Waals surface area (Å²) in [4.78, 5) is 22.4. The minimum absolute atomic E-state index is 0.0966.